The molecule has 1 aromatic heterocycles. The highest BCUT2D eigenvalue weighted by Crippen LogP contribution is 2.28. The lowest BCUT2D eigenvalue weighted by Gasteiger charge is -2.22. The number of benzene rings is 1. The van der Waals surface area contributed by atoms with Gasteiger partial charge in [0.25, 0.3) is 0 Å². The molecule has 0 atom stereocenters. The SMILES string of the molecule is Cc1ccc2c(NCC(C)(C)CO)nccc2c1N. The van der Waals surface area contributed by atoms with Gasteiger partial charge in [0.05, 0.1) is 0 Å². The van der Waals surface area contributed by atoms with Crippen LogP contribution in [-0.2, 0) is 0 Å². The van der Waals surface area contributed by atoms with Gasteiger partial charge in [0.1, 0.15) is 5.82 Å². The van der Waals surface area contributed by atoms with Crippen molar-refractivity contribution >= 4 is 22.3 Å². The number of nitrogens with zero attached hydrogens (tertiary/aromatic N) is 1. The molecule has 0 fully saturated rings. The molecule has 0 aliphatic rings. The Morgan fingerprint density at radius 1 is 1.26 bits per heavy atom. The highest BCUT2D eigenvalue weighted by atomic mass is 16.3. The van der Waals surface area contributed by atoms with Gasteiger partial charge in [-0.3, -0.25) is 0 Å². The third-order valence-electron chi connectivity index (χ3n) is 3.37. The maximum Gasteiger partial charge on any atom is 0.133 e. The molecule has 2 aromatic rings. The lowest BCUT2D eigenvalue weighted by Crippen LogP contribution is -2.27. The van der Waals surface area contributed by atoms with Crippen LogP contribution in [0.2, 0.25) is 0 Å². The fourth-order valence-corrected chi connectivity index (χ4v) is 1.91. The van der Waals surface area contributed by atoms with Crippen LogP contribution in [0.15, 0.2) is 24.4 Å². The molecule has 0 saturated heterocycles. The van der Waals surface area contributed by atoms with Crippen LogP contribution in [0.4, 0.5) is 11.5 Å². The first-order chi connectivity index (χ1) is 8.94. The van der Waals surface area contributed by atoms with E-state index in [0.717, 1.165) is 27.8 Å². The first-order valence-electron chi connectivity index (χ1n) is 6.43. The van der Waals surface area contributed by atoms with E-state index >= 15 is 0 Å². The molecule has 102 valence electrons. The van der Waals surface area contributed by atoms with Gasteiger partial charge >= 0.3 is 0 Å². The standard InChI is InChI=1S/C15H21N3O/c1-10-4-5-12-11(13(10)16)6-7-17-14(12)18-8-15(2,3)9-19/h4-7,19H,8-9,16H2,1-3H3,(H,17,18). The summed E-state index contributed by atoms with van der Waals surface area (Å²) in [6, 6.07) is 5.96. The van der Waals surface area contributed by atoms with Crippen molar-refractivity contribution in [3.05, 3.63) is 30.0 Å². The molecule has 1 aromatic carbocycles. The van der Waals surface area contributed by atoms with Crippen LogP contribution in [0.1, 0.15) is 19.4 Å². The summed E-state index contributed by atoms with van der Waals surface area (Å²) in [5, 5.41) is 14.6. The Morgan fingerprint density at radius 2 is 2.00 bits per heavy atom. The zero-order valence-electron chi connectivity index (χ0n) is 11.7. The van der Waals surface area contributed by atoms with Crippen molar-refractivity contribution in [3.8, 4) is 0 Å². The van der Waals surface area contributed by atoms with E-state index in [0.29, 0.717) is 6.54 Å². The predicted octanol–water partition coefficient (Wildman–Crippen LogP) is 2.56. The molecule has 4 nitrogen and oxygen atoms in total. The number of nitrogens with one attached hydrogen (secondary N) is 1. The molecule has 2 rings (SSSR count). The number of fused-ring (bicyclic) bond motifs is 1. The maximum absolute atomic E-state index is 9.29. The van der Waals surface area contributed by atoms with Crippen molar-refractivity contribution < 1.29 is 5.11 Å². The molecule has 0 amide bonds. The number of aliphatic hydroxyl groups excluding tert-OH is 1. The summed E-state index contributed by atoms with van der Waals surface area (Å²) in [5.41, 5.74) is 7.78. The number of rotatable bonds is 4. The average Bonchev–Trinajstić information content (AvgIpc) is 2.41. The second kappa shape index (κ2) is 5.05. The summed E-state index contributed by atoms with van der Waals surface area (Å²) in [4.78, 5) is 4.37. The van der Waals surface area contributed by atoms with E-state index in [9.17, 15) is 5.11 Å². The van der Waals surface area contributed by atoms with Gasteiger partial charge in [-0.15, -0.1) is 0 Å². The Kier molecular flexibility index (Phi) is 3.62. The summed E-state index contributed by atoms with van der Waals surface area (Å²) in [7, 11) is 0. The number of aryl methyl sites for hydroxylation is 1. The molecule has 0 aliphatic heterocycles. The molecule has 4 heteroatoms. The molecule has 1 heterocycles. The average molecular weight is 259 g/mol. The fraction of sp³-hybridized carbons (Fsp3) is 0.400. The first-order valence-corrected chi connectivity index (χ1v) is 6.43. The largest absolute Gasteiger partial charge is 0.398 e. The molecule has 0 radical (unpaired) electrons. The van der Waals surface area contributed by atoms with E-state index in [-0.39, 0.29) is 12.0 Å². The Morgan fingerprint density at radius 3 is 2.68 bits per heavy atom. The number of aliphatic hydroxyl groups is 1. The number of aromatic nitrogens is 1. The summed E-state index contributed by atoms with van der Waals surface area (Å²) >= 11 is 0. The molecule has 0 aliphatic carbocycles. The highest BCUT2D eigenvalue weighted by Gasteiger charge is 2.17. The van der Waals surface area contributed by atoms with Gasteiger partial charge in [0.15, 0.2) is 0 Å². The van der Waals surface area contributed by atoms with E-state index in [4.69, 9.17) is 5.73 Å². The van der Waals surface area contributed by atoms with Crippen LogP contribution in [0.5, 0.6) is 0 Å². The molecule has 4 N–H and O–H groups in total. The summed E-state index contributed by atoms with van der Waals surface area (Å²) < 4.78 is 0. The highest BCUT2D eigenvalue weighted by molar-refractivity contribution is 6.00. The van der Waals surface area contributed by atoms with Crippen molar-refractivity contribution in [1.29, 1.82) is 0 Å². The van der Waals surface area contributed by atoms with E-state index in [1.807, 2.05) is 39.0 Å². The van der Waals surface area contributed by atoms with Crippen LogP contribution in [-0.4, -0.2) is 23.2 Å². The summed E-state index contributed by atoms with van der Waals surface area (Å²) in [6.07, 6.45) is 1.76. The van der Waals surface area contributed by atoms with Gasteiger partial charge in [0.2, 0.25) is 0 Å². The maximum atomic E-state index is 9.29. The number of nitrogen functional groups attached to an aromatic ring is 1. The minimum Gasteiger partial charge on any atom is -0.398 e. The zero-order valence-corrected chi connectivity index (χ0v) is 11.7. The van der Waals surface area contributed by atoms with Gasteiger partial charge in [0, 0.05) is 41.2 Å². The van der Waals surface area contributed by atoms with Gasteiger partial charge in [-0.1, -0.05) is 26.0 Å². The second-order valence-corrected chi connectivity index (χ2v) is 5.73. The quantitative estimate of drug-likeness (QED) is 0.738. The molecule has 19 heavy (non-hydrogen) atoms. The van der Waals surface area contributed by atoms with Crippen molar-refractivity contribution in [2.75, 3.05) is 24.2 Å². The Hall–Kier alpha value is -1.81. The van der Waals surface area contributed by atoms with Crippen LogP contribution in [0, 0.1) is 12.3 Å². The van der Waals surface area contributed by atoms with Crippen LogP contribution in [0.3, 0.4) is 0 Å². The molecule has 0 bridgehead atoms. The topological polar surface area (TPSA) is 71.2 Å². The normalized spacial score (nSPS) is 11.8. The number of anilines is 2. The van der Waals surface area contributed by atoms with E-state index in [1.165, 1.54) is 0 Å². The summed E-state index contributed by atoms with van der Waals surface area (Å²) in [6.45, 7) is 6.79. The van der Waals surface area contributed by atoms with Crippen molar-refractivity contribution in [3.63, 3.8) is 0 Å². The smallest absolute Gasteiger partial charge is 0.133 e. The minimum atomic E-state index is -0.180. The number of hydrogen-bond donors (Lipinski definition) is 3. The zero-order chi connectivity index (χ0) is 14.0. The predicted molar refractivity (Wildman–Crippen MR) is 80.2 cm³/mol. The fourth-order valence-electron chi connectivity index (χ4n) is 1.91. The minimum absolute atomic E-state index is 0.131. The van der Waals surface area contributed by atoms with E-state index in [1.54, 1.807) is 6.20 Å². The Bertz CT molecular complexity index is 593. The second-order valence-electron chi connectivity index (χ2n) is 5.73. The molecule has 0 spiro atoms. The van der Waals surface area contributed by atoms with Crippen LogP contribution < -0.4 is 11.1 Å². The van der Waals surface area contributed by atoms with Crippen LogP contribution >= 0.6 is 0 Å². The van der Waals surface area contributed by atoms with Gasteiger partial charge in [-0.05, 0) is 18.6 Å². The van der Waals surface area contributed by atoms with Crippen molar-refractivity contribution in [2.45, 2.75) is 20.8 Å². The molecule has 0 unspecified atom stereocenters. The van der Waals surface area contributed by atoms with Crippen molar-refractivity contribution in [1.82, 2.24) is 4.98 Å². The number of nitrogens with two attached hydrogens (primary N) is 1. The lowest BCUT2D eigenvalue weighted by atomic mass is 9.95. The monoisotopic (exact) mass is 259 g/mol. The number of hydrogen-bond acceptors (Lipinski definition) is 4. The lowest BCUT2D eigenvalue weighted by molar-refractivity contribution is 0.171. The van der Waals surface area contributed by atoms with Crippen LogP contribution in [0.25, 0.3) is 10.8 Å². The van der Waals surface area contributed by atoms with Crippen molar-refractivity contribution in [2.24, 2.45) is 5.41 Å². The van der Waals surface area contributed by atoms with E-state index < -0.39 is 0 Å². The molecular weight excluding hydrogens is 238 g/mol. The third kappa shape index (κ3) is 2.79. The summed E-state index contributed by atoms with van der Waals surface area (Å²) in [5.74, 6) is 0.811. The van der Waals surface area contributed by atoms with Gasteiger partial charge < -0.3 is 16.2 Å². The van der Waals surface area contributed by atoms with E-state index in [2.05, 4.69) is 10.3 Å². The molecular formula is C15H21N3O. The molecule has 0 saturated carbocycles. The van der Waals surface area contributed by atoms with Gasteiger partial charge in [-0.2, -0.15) is 0 Å². The first kappa shape index (κ1) is 13.6. The Balaban J connectivity index is 2.37. The third-order valence-corrected chi connectivity index (χ3v) is 3.37. The number of pyridine rings is 1. The van der Waals surface area contributed by atoms with Gasteiger partial charge in [-0.25, -0.2) is 4.98 Å². The Labute approximate surface area is 113 Å².